The molecule has 0 aliphatic heterocycles. The lowest BCUT2D eigenvalue weighted by molar-refractivity contribution is -0.236. The summed E-state index contributed by atoms with van der Waals surface area (Å²) in [6.45, 7) is 0. The van der Waals surface area contributed by atoms with Crippen LogP contribution in [0.2, 0.25) is 0 Å². The molecule has 6 heteroatoms. The number of alkyl halides is 4. The molecule has 0 spiro atoms. The molecule has 106 valence electrons. The SMILES string of the molecule is FC(Oc1cccc(-c2ccccc2)c1Br)C(F)(F)F. The van der Waals surface area contributed by atoms with E-state index in [0.717, 1.165) is 5.56 Å². The van der Waals surface area contributed by atoms with E-state index >= 15 is 0 Å². The Bertz CT molecular complexity index is 583. The Morgan fingerprint density at radius 1 is 0.950 bits per heavy atom. The van der Waals surface area contributed by atoms with Crippen LogP contribution in [0.4, 0.5) is 17.6 Å². The van der Waals surface area contributed by atoms with E-state index in [1.165, 1.54) is 12.1 Å². The van der Waals surface area contributed by atoms with Gasteiger partial charge in [0.2, 0.25) is 0 Å². The number of halogens is 5. The van der Waals surface area contributed by atoms with Crippen molar-refractivity contribution in [3.63, 3.8) is 0 Å². The van der Waals surface area contributed by atoms with Crippen molar-refractivity contribution in [3.8, 4) is 16.9 Å². The summed E-state index contributed by atoms with van der Waals surface area (Å²) < 4.78 is 54.1. The quantitative estimate of drug-likeness (QED) is 0.679. The average molecular weight is 349 g/mol. The van der Waals surface area contributed by atoms with Crippen molar-refractivity contribution in [2.75, 3.05) is 0 Å². The summed E-state index contributed by atoms with van der Waals surface area (Å²) in [6.07, 6.45) is -8.41. The molecule has 0 aromatic heterocycles. The van der Waals surface area contributed by atoms with Crippen molar-refractivity contribution in [1.29, 1.82) is 0 Å². The molecular formula is C14H9BrF4O. The molecule has 0 fully saturated rings. The standard InChI is InChI=1S/C14H9BrF4O/c15-12-10(9-5-2-1-3-6-9)7-4-8-11(12)20-13(16)14(17,18)19/h1-8,13H. The van der Waals surface area contributed by atoms with Gasteiger partial charge in [-0.05, 0) is 33.1 Å². The first kappa shape index (κ1) is 14.8. The topological polar surface area (TPSA) is 9.23 Å². The second-order valence-corrected chi connectivity index (χ2v) is 4.75. The lowest BCUT2D eigenvalue weighted by atomic mass is 10.1. The van der Waals surface area contributed by atoms with Gasteiger partial charge in [-0.1, -0.05) is 42.5 Å². The number of ether oxygens (including phenoxy) is 1. The predicted molar refractivity (Wildman–Crippen MR) is 71.2 cm³/mol. The number of benzene rings is 2. The van der Waals surface area contributed by atoms with Crippen molar-refractivity contribution < 1.29 is 22.3 Å². The monoisotopic (exact) mass is 348 g/mol. The van der Waals surface area contributed by atoms with Crippen LogP contribution in [0.1, 0.15) is 0 Å². The van der Waals surface area contributed by atoms with Gasteiger partial charge in [-0.15, -0.1) is 0 Å². The first-order valence-corrected chi connectivity index (χ1v) is 6.40. The fourth-order valence-corrected chi connectivity index (χ4v) is 2.21. The number of rotatable bonds is 3. The van der Waals surface area contributed by atoms with Gasteiger partial charge in [0.1, 0.15) is 5.75 Å². The second kappa shape index (κ2) is 5.83. The van der Waals surface area contributed by atoms with Crippen LogP contribution in [0.5, 0.6) is 5.75 Å². The molecule has 0 aliphatic carbocycles. The van der Waals surface area contributed by atoms with Crippen molar-refractivity contribution in [3.05, 3.63) is 53.0 Å². The summed E-state index contributed by atoms with van der Waals surface area (Å²) in [7, 11) is 0. The largest absolute Gasteiger partial charge is 0.457 e. The molecule has 2 aromatic carbocycles. The maximum atomic E-state index is 12.9. The maximum Gasteiger partial charge on any atom is 0.457 e. The number of hydrogen-bond donors (Lipinski definition) is 0. The van der Waals surface area contributed by atoms with Crippen molar-refractivity contribution in [2.45, 2.75) is 12.5 Å². The molecular weight excluding hydrogens is 340 g/mol. The molecule has 0 heterocycles. The Hall–Kier alpha value is -1.56. The molecule has 0 amide bonds. The molecule has 0 N–H and O–H groups in total. The van der Waals surface area contributed by atoms with Crippen molar-refractivity contribution in [1.82, 2.24) is 0 Å². The van der Waals surface area contributed by atoms with Gasteiger partial charge in [0.15, 0.2) is 0 Å². The molecule has 1 unspecified atom stereocenters. The third-order valence-corrected chi connectivity index (χ3v) is 3.35. The molecule has 0 bridgehead atoms. The summed E-state index contributed by atoms with van der Waals surface area (Å²) in [4.78, 5) is 0. The zero-order chi connectivity index (χ0) is 14.8. The summed E-state index contributed by atoms with van der Waals surface area (Å²) >= 11 is 3.15. The van der Waals surface area contributed by atoms with Crippen LogP contribution in [0.25, 0.3) is 11.1 Å². The summed E-state index contributed by atoms with van der Waals surface area (Å²) in [5.74, 6) is -0.198. The summed E-state index contributed by atoms with van der Waals surface area (Å²) in [5, 5.41) is 0. The van der Waals surface area contributed by atoms with E-state index < -0.39 is 12.5 Å². The van der Waals surface area contributed by atoms with E-state index in [4.69, 9.17) is 0 Å². The van der Waals surface area contributed by atoms with Crippen LogP contribution < -0.4 is 4.74 Å². The summed E-state index contributed by atoms with van der Waals surface area (Å²) in [5.41, 5.74) is 1.41. The van der Waals surface area contributed by atoms with Crippen LogP contribution in [0.3, 0.4) is 0 Å². The lowest BCUT2D eigenvalue weighted by Crippen LogP contribution is -2.29. The highest BCUT2D eigenvalue weighted by molar-refractivity contribution is 9.10. The molecule has 2 rings (SSSR count). The molecule has 0 saturated heterocycles. The number of hydrogen-bond acceptors (Lipinski definition) is 1. The third-order valence-electron chi connectivity index (χ3n) is 2.54. The van der Waals surface area contributed by atoms with Gasteiger partial charge >= 0.3 is 12.5 Å². The van der Waals surface area contributed by atoms with Crippen LogP contribution in [-0.2, 0) is 0 Å². The van der Waals surface area contributed by atoms with Gasteiger partial charge in [-0.25, -0.2) is 0 Å². The molecule has 20 heavy (non-hydrogen) atoms. The smallest absolute Gasteiger partial charge is 0.451 e. The Morgan fingerprint density at radius 2 is 1.60 bits per heavy atom. The molecule has 0 radical (unpaired) electrons. The minimum absolute atomic E-state index is 0.198. The highest BCUT2D eigenvalue weighted by Crippen LogP contribution is 2.37. The molecule has 2 aromatic rings. The van der Waals surface area contributed by atoms with E-state index in [0.29, 0.717) is 5.56 Å². The van der Waals surface area contributed by atoms with E-state index in [2.05, 4.69) is 20.7 Å². The zero-order valence-electron chi connectivity index (χ0n) is 9.99. The Kier molecular flexibility index (Phi) is 4.32. The van der Waals surface area contributed by atoms with Gasteiger partial charge in [0.25, 0.3) is 0 Å². The summed E-state index contributed by atoms with van der Waals surface area (Å²) in [6, 6.07) is 13.5. The van der Waals surface area contributed by atoms with E-state index in [1.807, 2.05) is 6.07 Å². The van der Waals surface area contributed by atoms with Crippen LogP contribution in [-0.4, -0.2) is 12.5 Å². The minimum atomic E-state index is -5.05. The van der Waals surface area contributed by atoms with Crippen LogP contribution in [0.15, 0.2) is 53.0 Å². The van der Waals surface area contributed by atoms with Gasteiger partial charge < -0.3 is 4.74 Å². The molecule has 1 nitrogen and oxygen atoms in total. The fraction of sp³-hybridized carbons (Fsp3) is 0.143. The van der Waals surface area contributed by atoms with E-state index in [9.17, 15) is 17.6 Å². The minimum Gasteiger partial charge on any atom is -0.451 e. The first-order chi connectivity index (χ1) is 9.39. The van der Waals surface area contributed by atoms with Gasteiger partial charge in [0.05, 0.1) is 4.47 Å². The van der Waals surface area contributed by atoms with Gasteiger partial charge in [0, 0.05) is 0 Å². The van der Waals surface area contributed by atoms with Crippen molar-refractivity contribution in [2.24, 2.45) is 0 Å². The predicted octanol–water partition coefficient (Wildman–Crippen LogP) is 5.35. The molecule has 1 atom stereocenters. The fourth-order valence-electron chi connectivity index (χ4n) is 1.62. The highest BCUT2D eigenvalue weighted by atomic mass is 79.9. The second-order valence-electron chi connectivity index (χ2n) is 3.96. The Balaban J connectivity index is 2.34. The van der Waals surface area contributed by atoms with E-state index in [1.54, 1.807) is 30.3 Å². The first-order valence-electron chi connectivity index (χ1n) is 5.61. The van der Waals surface area contributed by atoms with Crippen molar-refractivity contribution >= 4 is 15.9 Å². The van der Waals surface area contributed by atoms with E-state index in [-0.39, 0.29) is 10.2 Å². The maximum absolute atomic E-state index is 12.9. The average Bonchev–Trinajstić information content (AvgIpc) is 2.41. The lowest BCUT2D eigenvalue weighted by Gasteiger charge is -2.16. The third kappa shape index (κ3) is 3.30. The molecule has 0 aliphatic rings. The van der Waals surface area contributed by atoms with Gasteiger partial charge in [-0.3, -0.25) is 0 Å². The Morgan fingerprint density at radius 3 is 2.20 bits per heavy atom. The normalized spacial score (nSPS) is 13.1. The van der Waals surface area contributed by atoms with Gasteiger partial charge in [-0.2, -0.15) is 17.6 Å². The van der Waals surface area contributed by atoms with Crippen LogP contribution in [0, 0.1) is 0 Å². The van der Waals surface area contributed by atoms with Crippen LogP contribution >= 0.6 is 15.9 Å². The Labute approximate surface area is 121 Å². The zero-order valence-corrected chi connectivity index (χ0v) is 11.6. The molecule has 0 saturated carbocycles. The highest BCUT2D eigenvalue weighted by Gasteiger charge is 2.42.